The highest BCUT2D eigenvalue weighted by molar-refractivity contribution is 7.91. The summed E-state index contributed by atoms with van der Waals surface area (Å²) in [6, 6.07) is 9.26. The smallest absolute Gasteiger partial charge is 0.276 e. The molecule has 1 saturated carbocycles. The van der Waals surface area contributed by atoms with Gasteiger partial charge < -0.3 is 4.90 Å². The lowest BCUT2D eigenvalue weighted by molar-refractivity contribution is 0.0674. The lowest BCUT2D eigenvalue weighted by Gasteiger charge is -2.27. The Balaban J connectivity index is 1.59. The molecule has 126 valence electrons. The normalized spacial score (nSPS) is 22.4. The number of hydrogen-bond acceptors (Lipinski definition) is 5. The van der Waals surface area contributed by atoms with Gasteiger partial charge in [0.15, 0.2) is 15.5 Å². The van der Waals surface area contributed by atoms with E-state index < -0.39 is 9.84 Å². The summed E-state index contributed by atoms with van der Waals surface area (Å²) in [4.78, 5) is 16.0. The van der Waals surface area contributed by atoms with E-state index >= 15 is 0 Å². The van der Waals surface area contributed by atoms with Crippen molar-refractivity contribution < 1.29 is 13.2 Å². The Morgan fingerprint density at radius 1 is 1.12 bits per heavy atom. The van der Waals surface area contributed by atoms with Crippen LogP contribution in [0.5, 0.6) is 0 Å². The summed E-state index contributed by atoms with van der Waals surface area (Å²) in [5.74, 6) is -0.00536. The fraction of sp³-hybridized carbons (Fsp3) is 0.438. The minimum absolute atomic E-state index is 0.0576. The van der Waals surface area contributed by atoms with Crippen LogP contribution >= 0.6 is 0 Å². The van der Waals surface area contributed by atoms with Crippen molar-refractivity contribution in [3.63, 3.8) is 0 Å². The van der Waals surface area contributed by atoms with Gasteiger partial charge in [-0.05, 0) is 31.4 Å². The molecule has 1 aromatic heterocycles. The van der Waals surface area contributed by atoms with Crippen LogP contribution in [0, 0.1) is 0 Å². The van der Waals surface area contributed by atoms with Crippen LogP contribution in [0.4, 0.5) is 0 Å². The molecule has 1 saturated heterocycles. The Hall–Kier alpha value is -2.22. The number of aromatic nitrogens is 3. The Labute approximate surface area is 140 Å². The molecule has 2 aliphatic rings. The third-order valence-corrected chi connectivity index (χ3v) is 6.23. The third-order valence-electron chi connectivity index (χ3n) is 4.47. The number of sulfone groups is 1. The summed E-state index contributed by atoms with van der Waals surface area (Å²) in [6.07, 6.45) is 3.82. The van der Waals surface area contributed by atoms with E-state index in [0.29, 0.717) is 6.42 Å². The molecule has 0 spiro atoms. The molecule has 7 nitrogen and oxygen atoms in total. The number of rotatable bonds is 4. The number of benzene rings is 1. The monoisotopic (exact) mass is 346 g/mol. The van der Waals surface area contributed by atoms with Gasteiger partial charge in [-0.1, -0.05) is 18.2 Å². The summed E-state index contributed by atoms with van der Waals surface area (Å²) in [5, 5.41) is 8.45. The zero-order valence-electron chi connectivity index (χ0n) is 13.1. The summed E-state index contributed by atoms with van der Waals surface area (Å²) in [5.41, 5.74) is 1.04. The highest BCUT2D eigenvalue weighted by Crippen LogP contribution is 2.33. The first-order valence-electron chi connectivity index (χ1n) is 8.04. The molecule has 2 fully saturated rings. The standard InChI is InChI=1S/C16H18N4O3S/c21-16(15-10-17-20(18-15)13-4-2-1-3-5-13)19(12-6-7-12)14-8-9-24(22,23)11-14/h1-5,10,12,14H,6-9,11H2. The molecule has 4 rings (SSSR count). The van der Waals surface area contributed by atoms with Gasteiger partial charge in [0.05, 0.1) is 23.4 Å². The fourth-order valence-corrected chi connectivity index (χ4v) is 4.87. The first kappa shape index (κ1) is 15.3. The number of para-hydroxylation sites is 1. The predicted octanol–water partition coefficient (Wildman–Crippen LogP) is 1.06. The zero-order valence-corrected chi connectivity index (χ0v) is 13.9. The van der Waals surface area contributed by atoms with Crippen molar-refractivity contribution in [2.45, 2.75) is 31.3 Å². The quantitative estimate of drug-likeness (QED) is 0.826. The van der Waals surface area contributed by atoms with Gasteiger partial charge in [0.2, 0.25) is 0 Å². The molecule has 0 radical (unpaired) electrons. The first-order chi connectivity index (χ1) is 11.5. The second-order valence-corrected chi connectivity index (χ2v) is 8.58. The van der Waals surface area contributed by atoms with Crippen molar-refractivity contribution in [3.05, 3.63) is 42.2 Å². The van der Waals surface area contributed by atoms with Crippen LogP contribution in [0.2, 0.25) is 0 Å². The van der Waals surface area contributed by atoms with Crippen LogP contribution in [-0.2, 0) is 9.84 Å². The second kappa shape index (κ2) is 5.70. The molecule has 2 heterocycles. The van der Waals surface area contributed by atoms with Crippen LogP contribution in [-0.4, -0.2) is 57.8 Å². The van der Waals surface area contributed by atoms with E-state index in [1.807, 2.05) is 30.3 Å². The average Bonchev–Trinajstić information content (AvgIpc) is 3.15. The van der Waals surface area contributed by atoms with Gasteiger partial charge in [0, 0.05) is 12.1 Å². The van der Waals surface area contributed by atoms with E-state index in [1.165, 1.54) is 11.0 Å². The highest BCUT2D eigenvalue weighted by atomic mass is 32.2. The number of hydrogen-bond donors (Lipinski definition) is 0. The average molecular weight is 346 g/mol. The van der Waals surface area contributed by atoms with Gasteiger partial charge in [-0.15, -0.1) is 5.10 Å². The predicted molar refractivity (Wildman–Crippen MR) is 87.6 cm³/mol. The molecule has 1 aliphatic heterocycles. The van der Waals surface area contributed by atoms with Crippen molar-refractivity contribution in [3.8, 4) is 5.69 Å². The number of amides is 1. The van der Waals surface area contributed by atoms with Crippen molar-refractivity contribution in [1.29, 1.82) is 0 Å². The van der Waals surface area contributed by atoms with E-state index in [4.69, 9.17) is 0 Å². The van der Waals surface area contributed by atoms with Crippen molar-refractivity contribution >= 4 is 15.7 Å². The lowest BCUT2D eigenvalue weighted by atomic mass is 10.2. The maximum absolute atomic E-state index is 12.9. The van der Waals surface area contributed by atoms with Crippen LogP contribution < -0.4 is 0 Å². The summed E-state index contributed by atoms with van der Waals surface area (Å²) in [7, 11) is -3.03. The molecule has 8 heteroatoms. The van der Waals surface area contributed by atoms with Crippen LogP contribution in [0.25, 0.3) is 5.69 Å². The molecule has 1 amide bonds. The zero-order chi connectivity index (χ0) is 16.7. The van der Waals surface area contributed by atoms with Crippen LogP contribution in [0.3, 0.4) is 0 Å². The molecule has 1 aromatic carbocycles. The minimum Gasteiger partial charge on any atom is -0.330 e. The van der Waals surface area contributed by atoms with E-state index in [1.54, 1.807) is 4.90 Å². The van der Waals surface area contributed by atoms with Crippen molar-refractivity contribution in [2.24, 2.45) is 0 Å². The number of carbonyl (C=O) groups excluding carboxylic acids is 1. The topological polar surface area (TPSA) is 85.2 Å². The fourth-order valence-electron chi connectivity index (χ4n) is 3.16. The second-order valence-electron chi connectivity index (χ2n) is 6.36. The molecule has 1 aliphatic carbocycles. The molecular weight excluding hydrogens is 328 g/mol. The number of carbonyl (C=O) groups is 1. The van der Waals surface area contributed by atoms with Gasteiger partial charge in [-0.2, -0.15) is 9.90 Å². The Bertz CT molecular complexity index is 858. The van der Waals surface area contributed by atoms with Crippen molar-refractivity contribution in [1.82, 2.24) is 19.9 Å². The van der Waals surface area contributed by atoms with Crippen LogP contribution in [0.1, 0.15) is 29.8 Å². The van der Waals surface area contributed by atoms with Gasteiger partial charge in [0.25, 0.3) is 5.91 Å². The summed E-state index contributed by atoms with van der Waals surface area (Å²) >= 11 is 0. The van der Waals surface area contributed by atoms with Crippen molar-refractivity contribution in [2.75, 3.05) is 11.5 Å². The van der Waals surface area contributed by atoms with Crippen LogP contribution in [0.15, 0.2) is 36.5 Å². The Kier molecular flexibility index (Phi) is 3.64. The largest absolute Gasteiger partial charge is 0.330 e. The maximum atomic E-state index is 12.9. The highest BCUT2D eigenvalue weighted by Gasteiger charge is 2.43. The first-order valence-corrected chi connectivity index (χ1v) is 9.86. The third kappa shape index (κ3) is 2.93. The molecule has 0 bridgehead atoms. The molecule has 1 unspecified atom stereocenters. The molecule has 2 aromatic rings. The van der Waals surface area contributed by atoms with Gasteiger partial charge >= 0.3 is 0 Å². The maximum Gasteiger partial charge on any atom is 0.276 e. The van der Waals surface area contributed by atoms with E-state index in [9.17, 15) is 13.2 Å². The molecule has 1 atom stereocenters. The molecule has 24 heavy (non-hydrogen) atoms. The summed E-state index contributed by atoms with van der Waals surface area (Å²) < 4.78 is 23.5. The van der Waals surface area contributed by atoms with E-state index in [2.05, 4.69) is 10.2 Å². The Morgan fingerprint density at radius 3 is 2.50 bits per heavy atom. The Morgan fingerprint density at radius 2 is 1.88 bits per heavy atom. The number of nitrogens with zero attached hydrogens (tertiary/aromatic N) is 4. The van der Waals surface area contributed by atoms with E-state index in [0.717, 1.165) is 18.5 Å². The SMILES string of the molecule is O=C(c1cnn(-c2ccccc2)n1)N(C1CC1)C1CCS(=O)(=O)C1. The molecular formula is C16H18N4O3S. The minimum atomic E-state index is -3.03. The van der Waals surface area contributed by atoms with Gasteiger partial charge in [-0.25, -0.2) is 8.42 Å². The van der Waals surface area contributed by atoms with E-state index in [-0.39, 0.29) is 35.2 Å². The molecule has 0 N–H and O–H groups in total. The van der Waals surface area contributed by atoms with Gasteiger partial charge in [-0.3, -0.25) is 4.79 Å². The summed E-state index contributed by atoms with van der Waals surface area (Å²) in [6.45, 7) is 0. The lowest BCUT2D eigenvalue weighted by Crippen LogP contribution is -2.43. The van der Waals surface area contributed by atoms with Gasteiger partial charge in [0.1, 0.15) is 0 Å².